The van der Waals surface area contributed by atoms with Crippen molar-refractivity contribution < 1.29 is 39.4 Å². The van der Waals surface area contributed by atoms with Crippen molar-refractivity contribution in [2.24, 2.45) is 10.3 Å². The van der Waals surface area contributed by atoms with Crippen molar-refractivity contribution in [3.8, 4) is 0 Å². The second-order valence-electron chi connectivity index (χ2n) is 9.04. The summed E-state index contributed by atoms with van der Waals surface area (Å²) in [6.45, 7) is -0.435. The van der Waals surface area contributed by atoms with Crippen molar-refractivity contribution in [2.75, 3.05) is 17.2 Å². The highest BCUT2D eigenvalue weighted by atomic mass is 32.2. The van der Waals surface area contributed by atoms with Crippen LogP contribution in [0.25, 0.3) is 0 Å². The van der Waals surface area contributed by atoms with Gasteiger partial charge in [-0.05, 0) is 34.9 Å². The van der Waals surface area contributed by atoms with Gasteiger partial charge in [0.1, 0.15) is 28.9 Å². The molecular weight excluding hydrogens is 629 g/mol. The van der Waals surface area contributed by atoms with Crippen molar-refractivity contribution in [1.82, 2.24) is 35.4 Å². The highest BCUT2D eigenvalue weighted by Crippen LogP contribution is 2.41. The van der Waals surface area contributed by atoms with Crippen LogP contribution >= 0.6 is 34.9 Å². The van der Waals surface area contributed by atoms with Crippen molar-refractivity contribution in [1.29, 1.82) is 0 Å². The summed E-state index contributed by atoms with van der Waals surface area (Å²) in [5.41, 5.74) is 5.29. The van der Waals surface area contributed by atoms with Crippen LogP contribution in [0, 0.1) is 0 Å². The molecule has 226 valence electrons. The van der Waals surface area contributed by atoms with Gasteiger partial charge in [-0.25, -0.2) is 19.3 Å². The number of carboxylic acid groups (broad SMARTS) is 2. The standard InChI is InChI=1S/C22H22N10O8S3/c23-21-24-12(8-42-21)13(28-40-10-3-1-2-4-10)16(33)25-14-17(34)32-15(20(37)38)9(6-41-18(14)32)7-43-22-26-29-30-31(22)5-11(27-39)19(35)36/h1,3,8,10,14,18,39H,2,4-7H2,(H2,23,24)(H,25,33)(H,35,36)(H,37,38)/b27-11+,28-13-/t10?,14?,18-/m1/s1. The van der Waals surface area contributed by atoms with Crippen LogP contribution in [0.4, 0.5) is 5.13 Å². The van der Waals surface area contributed by atoms with Gasteiger partial charge in [0, 0.05) is 16.9 Å². The normalized spacial score (nSPS) is 21.9. The third-order valence-electron chi connectivity index (χ3n) is 6.31. The van der Waals surface area contributed by atoms with Gasteiger partial charge in [0.05, 0.1) is 6.54 Å². The summed E-state index contributed by atoms with van der Waals surface area (Å²) in [5, 5.41) is 49.4. The van der Waals surface area contributed by atoms with Crippen LogP contribution in [0.15, 0.2) is 44.3 Å². The number of anilines is 1. The largest absolute Gasteiger partial charge is 0.477 e. The fraction of sp³-hybridized carbons (Fsp3) is 0.364. The molecular formula is C22H22N10O8S3. The van der Waals surface area contributed by atoms with Crippen molar-refractivity contribution >= 4 is 75.2 Å². The molecule has 1 fully saturated rings. The number of thioether (sulfide) groups is 2. The van der Waals surface area contributed by atoms with Gasteiger partial charge in [-0.1, -0.05) is 28.1 Å². The second-order valence-corrected chi connectivity index (χ2v) is 12.0. The summed E-state index contributed by atoms with van der Waals surface area (Å²) < 4.78 is 1.08. The molecule has 0 spiro atoms. The Morgan fingerprint density at radius 3 is 2.77 bits per heavy atom. The molecule has 2 aliphatic heterocycles. The van der Waals surface area contributed by atoms with Crippen LogP contribution in [-0.2, 0) is 30.6 Å². The lowest BCUT2D eigenvalue weighted by atomic mass is 10.0. The predicted octanol–water partition coefficient (Wildman–Crippen LogP) is -0.403. The summed E-state index contributed by atoms with van der Waals surface area (Å²) in [6, 6.07) is -1.03. The number of oxime groups is 2. The molecule has 2 aromatic rings. The molecule has 0 radical (unpaired) electrons. The molecule has 2 aromatic heterocycles. The number of allylic oxidation sites excluding steroid dienone is 1. The number of carbonyl (C=O) groups is 4. The molecule has 6 N–H and O–H groups in total. The van der Waals surface area contributed by atoms with Gasteiger partial charge in [-0.15, -0.1) is 28.2 Å². The number of amides is 2. The van der Waals surface area contributed by atoms with E-state index >= 15 is 0 Å². The summed E-state index contributed by atoms with van der Waals surface area (Å²) in [4.78, 5) is 60.5. The molecule has 43 heavy (non-hydrogen) atoms. The predicted molar refractivity (Wildman–Crippen MR) is 151 cm³/mol. The minimum atomic E-state index is -1.47. The van der Waals surface area contributed by atoms with Crippen LogP contribution < -0.4 is 11.1 Å². The number of hydrogen-bond acceptors (Lipinski definition) is 16. The van der Waals surface area contributed by atoms with Crippen molar-refractivity contribution in [2.45, 2.75) is 42.1 Å². The van der Waals surface area contributed by atoms with Crippen molar-refractivity contribution in [3.05, 3.63) is 34.5 Å². The molecule has 3 atom stereocenters. The number of nitrogens with one attached hydrogen (secondary N) is 1. The van der Waals surface area contributed by atoms with Crippen molar-refractivity contribution in [3.63, 3.8) is 0 Å². The maximum absolute atomic E-state index is 13.3. The van der Waals surface area contributed by atoms with E-state index in [0.717, 1.165) is 39.1 Å². The summed E-state index contributed by atoms with van der Waals surface area (Å²) in [5.74, 6) is -3.90. The van der Waals surface area contributed by atoms with Gasteiger partial charge >= 0.3 is 11.9 Å². The number of fused-ring (bicyclic) bond motifs is 1. The molecule has 18 nitrogen and oxygen atoms in total. The van der Waals surface area contributed by atoms with E-state index in [2.05, 4.69) is 36.1 Å². The fourth-order valence-corrected chi connectivity index (χ4v) is 7.16. The van der Waals surface area contributed by atoms with Crippen LogP contribution in [0.2, 0.25) is 0 Å². The molecule has 3 aliphatic rings. The van der Waals surface area contributed by atoms with Gasteiger partial charge in [0.25, 0.3) is 11.8 Å². The van der Waals surface area contributed by atoms with E-state index in [-0.39, 0.29) is 45.0 Å². The fourth-order valence-electron chi connectivity index (χ4n) is 4.25. The number of carboxylic acids is 2. The van der Waals surface area contributed by atoms with E-state index in [1.54, 1.807) is 0 Å². The zero-order chi connectivity index (χ0) is 30.7. The molecule has 2 unspecified atom stereocenters. The van der Waals surface area contributed by atoms with Gasteiger partial charge in [-0.3, -0.25) is 14.5 Å². The lowest BCUT2D eigenvalue weighted by Crippen LogP contribution is -2.71. The van der Waals surface area contributed by atoms with Crippen LogP contribution in [0.3, 0.4) is 0 Å². The molecule has 2 amide bonds. The Hall–Kier alpha value is -4.50. The van der Waals surface area contributed by atoms with Gasteiger partial charge in [0.15, 0.2) is 16.6 Å². The van der Waals surface area contributed by atoms with E-state index < -0.39 is 47.4 Å². The lowest BCUT2D eigenvalue weighted by Gasteiger charge is -2.49. The summed E-state index contributed by atoms with van der Waals surface area (Å²) in [7, 11) is 0. The van der Waals surface area contributed by atoms with Crippen LogP contribution in [0.1, 0.15) is 18.5 Å². The average Bonchev–Trinajstić information content (AvgIpc) is 3.76. The highest BCUT2D eigenvalue weighted by Gasteiger charge is 2.54. The number of hydrogen-bond donors (Lipinski definition) is 5. The van der Waals surface area contributed by atoms with Crippen LogP contribution in [-0.4, -0.2) is 110 Å². The van der Waals surface area contributed by atoms with Gasteiger partial charge in [0.2, 0.25) is 5.16 Å². The molecule has 0 saturated carbocycles. The zero-order valence-corrected chi connectivity index (χ0v) is 24.2. The quantitative estimate of drug-likeness (QED) is 0.0488. The Balaban J connectivity index is 1.29. The lowest BCUT2D eigenvalue weighted by molar-refractivity contribution is -0.150. The Labute approximate surface area is 253 Å². The third-order valence-corrected chi connectivity index (χ3v) is 9.36. The first kappa shape index (κ1) is 30.0. The topological polar surface area (TPSA) is 261 Å². The number of β-lactam (4-membered cyclic amide) rings is 1. The highest BCUT2D eigenvalue weighted by molar-refractivity contribution is 8.01. The first-order chi connectivity index (χ1) is 20.7. The van der Waals surface area contributed by atoms with E-state index in [9.17, 15) is 24.3 Å². The average molecular weight is 651 g/mol. The maximum atomic E-state index is 13.3. The molecule has 4 heterocycles. The number of carbonyl (C=O) groups excluding carboxylic acids is 2. The Morgan fingerprint density at radius 1 is 1.30 bits per heavy atom. The minimum absolute atomic E-state index is 0.0518. The van der Waals surface area contributed by atoms with E-state index in [4.69, 9.17) is 20.9 Å². The molecule has 1 aliphatic carbocycles. The molecule has 0 bridgehead atoms. The SMILES string of the molecule is Nc1nc(/C(=N/OC2C=CCC2)C(=O)NC2C(=O)N3C(C(=O)O)=C(CSc4nnnn4C/C(=N\O)C(=O)O)CS[C@H]23)cs1. The summed E-state index contributed by atoms with van der Waals surface area (Å²) in [6.07, 6.45) is 4.98. The number of aromatic nitrogens is 5. The Kier molecular flexibility index (Phi) is 8.92. The van der Waals surface area contributed by atoms with E-state index in [0.29, 0.717) is 12.0 Å². The zero-order valence-electron chi connectivity index (χ0n) is 21.8. The molecule has 21 heteroatoms. The monoisotopic (exact) mass is 650 g/mol. The van der Waals surface area contributed by atoms with E-state index in [1.165, 1.54) is 17.1 Å². The number of nitrogens with zero attached hydrogens (tertiary/aromatic N) is 8. The van der Waals surface area contributed by atoms with Gasteiger partial charge in [-0.2, -0.15) is 0 Å². The number of rotatable bonds is 12. The number of tetrazole rings is 1. The molecule has 1 saturated heterocycles. The number of nitrogen functional groups attached to an aromatic ring is 1. The Bertz CT molecular complexity index is 1580. The second kappa shape index (κ2) is 12.8. The molecule has 5 rings (SSSR count). The molecule has 0 aromatic carbocycles. The summed E-state index contributed by atoms with van der Waals surface area (Å²) >= 11 is 3.37. The first-order valence-corrected chi connectivity index (χ1v) is 15.2. The number of nitrogens with two attached hydrogens (primary N) is 1. The minimum Gasteiger partial charge on any atom is -0.477 e. The maximum Gasteiger partial charge on any atom is 0.355 e. The van der Waals surface area contributed by atoms with E-state index in [1.807, 2.05) is 12.2 Å². The number of aliphatic carboxylic acids is 2. The third kappa shape index (κ3) is 6.32. The number of thiazole rings is 1. The Morgan fingerprint density at radius 2 is 2.12 bits per heavy atom. The van der Waals surface area contributed by atoms with Gasteiger partial charge < -0.3 is 31.3 Å². The smallest absolute Gasteiger partial charge is 0.355 e. The van der Waals surface area contributed by atoms with Crippen LogP contribution in [0.5, 0.6) is 0 Å². The first-order valence-electron chi connectivity index (χ1n) is 12.3.